The maximum absolute atomic E-state index is 12.6. The highest BCUT2D eigenvalue weighted by Crippen LogP contribution is 2.31. The Bertz CT molecular complexity index is 605. The molecule has 6 heteroatoms. The van der Waals surface area contributed by atoms with Gasteiger partial charge in [0.2, 0.25) is 11.8 Å². The summed E-state index contributed by atoms with van der Waals surface area (Å²) in [5.41, 5.74) is 0.517. The molecule has 2 fully saturated rings. The molecule has 2 aliphatic heterocycles. The van der Waals surface area contributed by atoms with Gasteiger partial charge in [0.25, 0.3) is 0 Å². The largest absolute Gasteiger partial charge is 0.393 e. The molecule has 1 unspecified atom stereocenters. The number of carbonyl (C=O) groups is 2. The van der Waals surface area contributed by atoms with Gasteiger partial charge in [0.05, 0.1) is 12.5 Å². The average molecular weight is 331 g/mol. The third-order valence-electron chi connectivity index (χ3n) is 4.98. The molecular weight excluding hydrogens is 306 g/mol. The molecule has 24 heavy (non-hydrogen) atoms. The number of benzene rings is 1. The van der Waals surface area contributed by atoms with Gasteiger partial charge in [-0.1, -0.05) is 30.3 Å². The first-order chi connectivity index (χ1) is 11.5. The lowest BCUT2D eigenvalue weighted by Gasteiger charge is -2.47. The van der Waals surface area contributed by atoms with Crippen LogP contribution in [0.2, 0.25) is 0 Å². The third kappa shape index (κ3) is 3.30. The van der Waals surface area contributed by atoms with Crippen molar-refractivity contribution < 1.29 is 14.7 Å². The quantitative estimate of drug-likeness (QED) is 0.836. The van der Waals surface area contributed by atoms with Crippen LogP contribution in [0, 0.1) is 0 Å². The number of nitrogens with one attached hydrogen (secondary N) is 1. The van der Waals surface area contributed by atoms with Gasteiger partial charge < -0.3 is 15.3 Å². The van der Waals surface area contributed by atoms with Gasteiger partial charge in [-0.3, -0.25) is 14.5 Å². The van der Waals surface area contributed by atoms with Crippen LogP contribution < -0.4 is 5.32 Å². The summed E-state index contributed by atoms with van der Waals surface area (Å²) in [7, 11) is 0. The zero-order chi connectivity index (χ0) is 17.2. The van der Waals surface area contributed by atoms with Crippen LogP contribution in [0.4, 0.5) is 0 Å². The van der Waals surface area contributed by atoms with E-state index < -0.39 is 11.6 Å². The minimum absolute atomic E-state index is 0.00739. The van der Waals surface area contributed by atoms with Crippen LogP contribution in [0.3, 0.4) is 0 Å². The normalized spacial score (nSPS) is 25.8. The number of piperazine rings is 1. The molecule has 0 aliphatic carbocycles. The predicted molar refractivity (Wildman–Crippen MR) is 90.1 cm³/mol. The predicted octanol–water partition coefficient (Wildman–Crippen LogP) is 0.360. The summed E-state index contributed by atoms with van der Waals surface area (Å²) in [6.45, 7) is 4.61. The molecule has 2 aliphatic rings. The number of amides is 2. The Morgan fingerprint density at radius 1 is 1.33 bits per heavy atom. The van der Waals surface area contributed by atoms with Gasteiger partial charge in [-0.15, -0.1) is 0 Å². The van der Waals surface area contributed by atoms with E-state index in [9.17, 15) is 14.7 Å². The summed E-state index contributed by atoms with van der Waals surface area (Å²) in [4.78, 5) is 28.9. The first-order valence-electron chi connectivity index (χ1n) is 8.54. The molecule has 1 aromatic carbocycles. The molecule has 0 bridgehead atoms. The van der Waals surface area contributed by atoms with E-state index in [4.69, 9.17) is 0 Å². The number of rotatable bonds is 4. The molecule has 6 nitrogen and oxygen atoms in total. The van der Waals surface area contributed by atoms with Crippen molar-refractivity contribution in [1.29, 1.82) is 0 Å². The smallest absolute Gasteiger partial charge is 0.242 e. The van der Waals surface area contributed by atoms with Gasteiger partial charge >= 0.3 is 0 Å². The van der Waals surface area contributed by atoms with E-state index in [1.165, 1.54) is 5.56 Å². The highest BCUT2D eigenvalue weighted by atomic mass is 16.3. The fraction of sp³-hybridized carbons (Fsp3) is 0.556. The Labute approximate surface area is 142 Å². The van der Waals surface area contributed by atoms with E-state index in [1.807, 2.05) is 18.2 Å². The third-order valence-corrected chi connectivity index (χ3v) is 4.98. The first kappa shape index (κ1) is 16.9. The lowest BCUT2D eigenvalue weighted by Crippen LogP contribution is -2.66. The number of aliphatic hydroxyl groups excluding tert-OH is 1. The van der Waals surface area contributed by atoms with Gasteiger partial charge in [0.15, 0.2) is 0 Å². The molecule has 1 aromatic rings. The molecule has 2 atom stereocenters. The fourth-order valence-corrected chi connectivity index (χ4v) is 3.69. The highest BCUT2D eigenvalue weighted by molar-refractivity contribution is 5.90. The summed E-state index contributed by atoms with van der Waals surface area (Å²) >= 11 is 0. The highest BCUT2D eigenvalue weighted by Gasteiger charge is 2.51. The summed E-state index contributed by atoms with van der Waals surface area (Å²) in [6, 6.07) is 10.1. The van der Waals surface area contributed by atoms with Crippen LogP contribution in [0.15, 0.2) is 30.3 Å². The van der Waals surface area contributed by atoms with E-state index >= 15 is 0 Å². The zero-order valence-electron chi connectivity index (χ0n) is 14.1. The Morgan fingerprint density at radius 2 is 2.08 bits per heavy atom. The monoisotopic (exact) mass is 331 g/mol. The van der Waals surface area contributed by atoms with Crippen molar-refractivity contribution in [2.24, 2.45) is 0 Å². The van der Waals surface area contributed by atoms with E-state index in [0.29, 0.717) is 39.1 Å². The number of hydrogen-bond donors (Lipinski definition) is 2. The second-order valence-corrected chi connectivity index (χ2v) is 6.81. The molecule has 2 saturated heterocycles. The Hall–Kier alpha value is -1.92. The molecule has 0 saturated carbocycles. The van der Waals surface area contributed by atoms with Crippen molar-refractivity contribution in [2.45, 2.75) is 38.0 Å². The summed E-state index contributed by atoms with van der Waals surface area (Å²) in [5.74, 6) is -0.0728. The van der Waals surface area contributed by atoms with Crippen molar-refractivity contribution in [2.75, 3.05) is 26.2 Å². The SMILES string of the molecule is C[C@@H](O)CC(=O)N1CCN(Cc2ccccc2)C2(CCNC2=O)C1. The molecule has 0 aromatic heterocycles. The molecular formula is C18H25N3O3. The first-order valence-corrected chi connectivity index (χ1v) is 8.54. The van der Waals surface area contributed by atoms with E-state index in [1.54, 1.807) is 11.8 Å². The van der Waals surface area contributed by atoms with Gasteiger partial charge in [-0.2, -0.15) is 0 Å². The number of hydrogen-bond acceptors (Lipinski definition) is 4. The van der Waals surface area contributed by atoms with Gasteiger partial charge in [-0.25, -0.2) is 0 Å². The Balaban J connectivity index is 1.79. The Kier molecular flexibility index (Phi) is 4.87. The maximum atomic E-state index is 12.6. The molecule has 2 amide bonds. The van der Waals surface area contributed by atoms with E-state index in [0.717, 1.165) is 0 Å². The van der Waals surface area contributed by atoms with Crippen LogP contribution >= 0.6 is 0 Å². The average Bonchev–Trinajstić information content (AvgIpc) is 2.91. The lowest BCUT2D eigenvalue weighted by molar-refractivity contribution is -0.145. The second kappa shape index (κ2) is 6.91. The van der Waals surface area contributed by atoms with E-state index in [2.05, 4.69) is 22.3 Å². The summed E-state index contributed by atoms with van der Waals surface area (Å²) in [6.07, 6.45) is 0.154. The standard InChI is InChI=1S/C18H25N3O3/c1-14(22)11-16(23)20-9-10-21(12-15-5-3-2-4-6-15)18(13-20)7-8-19-17(18)24/h2-6,14,22H,7-13H2,1H3,(H,19,24)/t14-,18?/m1/s1. The van der Waals surface area contributed by atoms with Crippen molar-refractivity contribution in [1.82, 2.24) is 15.1 Å². The van der Waals surface area contributed by atoms with Crippen LogP contribution in [0.5, 0.6) is 0 Å². The van der Waals surface area contributed by atoms with Gasteiger partial charge in [0.1, 0.15) is 5.54 Å². The number of nitrogens with zero attached hydrogens (tertiary/aromatic N) is 2. The van der Waals surface area contributed by atoms with Crippen molar-refractivity contribution in [3.63, 3.8) is 0 Å². The van der Waals surface area contributed by atoms with Gasteiger partial charge in [-0.05, 0) is 18.9 Å². The molecule has 2 N–H and O–H groups in total. The van der Waals surface area contributed by atoms with Gasteiger partial charge in [0, 0.05) is 32.7 Å². The summed E-state index contributed by atoms with van der Waals surface area (Å²) in [5, 5.41) is 12.4. The molecule has 3 rings (SSSR count). The topological polar surface area (TPSA) is 72.9 Å². The van der Waals surface area contributed by atoms with Crippen LogP contribution in [-0.2, 0) is 16.1 Å². The summed E-state index contributed by atoms with van der Waals surface area (Å²) < 4.78 is 0. The fourth-order valence-electron chi connectivity index (χ4n) is 3.69. The van der Waals surface area contributed by atoms with Crippen molar-refractivity contribution in [3.8, 4) is 0 Å². The van der Waals surface area contributed by atoms with E-state index in [-0.39, 0.29) is 18.2 Å². The lowest BCUT2D eigenvalue weighted by atomic mass is 9.90. The molecule has 1 spiro atoms. The van der Waals surface area contributed by atoms with Crippen LogP contribution in [0.1, 0.15) is 25.3 Å². The molecule has 0 radical (unpaired) electrons. The Morgan fingerprint density at radius 3 is 2.71 bits per heavy atom. The second-order valence-electron chi connectivity index (χ2n) is 6.81. The molecule has 2 heterocycles. The molecule has 130 valence electrons. The van der Waals surface area contributed by atoms with Crippen LogP contribution in [-0.4, -0.2) is 64.5 Å². The maximum Gasteiger partial charge on any atom is 0.242 e. The zero-order valence-corrected chi connectivity index (χ0v) is 14.1. The van der Waals surface area contributed by atoms with Crippen molar-refractivity contribution in [3.05, 3.63) is 35.9 Å². The van der Waals surface area contributed by atoms with Crippen molar-refractivity contribution >= 4 is 11.8 Å². The number of aliphatic hydroxyl groups is 1. The minimum Gasteiger partial charge on any atom is -0.393 e. The van der Waals surface area contributed by atoms with Crippen LogP contribution in [0.25, 0.3) is 0 Å². The number of carbonyl (C=O) groups excluding carboxylic acids is 2. The minimum atomic E-state index is -0.659.